The Morgan fingerprint density at radius 2 is 1.54 bits per heavy atom. The second kappa shape index (κ2) is 10.2. The number of nitrogens with zero attached hydrogens (tertiary/aromatic N) is 3. The van der Waals surface area contributed by atoms with Gasteiger partial charge in [0, 0.05) is 21.1 Å². The molecule has 0 fully saturated rings. The summed E-state index contributed by atoms with van der Waals surface area (Å²) in [5.41, 5.74) is -5.51. The summed E-state index contributed by atoms with van der Waals surface area (Å²) in [5, 5.41) is 25.3. The average Bonchev–Trinajstić information content (AvgIpc) is 2.79. The fraction of sp³-hybridized carbons (Fsp3) is 0.100. The molecule has 0 unspecified atom stereocenters. The highest BCUT2D eigenvalue weighted by atomic mass is 35.5. The molecule has 0 aliphatic carbocycles. The van der Waals surface area contributed by atoms with E-state index in [1.807, 2.05) is 0 Å². The largest absolute Gasteiger partial charge is 0.418 e. The van der Waals surface area contributed by atoms with E-state index < -0.39 is 79.1 Å². The number of alkyl halides is 3. The Labute approximate surface area is 227 Å². The van der Waals surface area contributed by atoms with Crippen LogP contribution in [0.1, 0.15) is 11.1 Å². The molecule has 2 N–H and O–H groups in total. The van der Waals surface area contributed by atoms with Crippen LogP contribution in [0.2, 0.25) is 10.0 Å². The van der Waals surface area contributed by atoms with E-state index in [0.717, 1.165) is 6.07 Å². The number of hydrogen-bond acceptors (Lipinski definition) is 8. The van der Waals surface area contributed by atoms with Crippen LogP contribution in [-0.2, 0) is 26.2 Å². The van der Waals surface area contributed by atoms with Crippen molar-refractivity contribution in [2.75, 3.05) is 4.41 Å². The predicted octanol–water partition coefficient (Wildman–Crippen LogP) is 4.93. The number of halogens is 5. The van der Waals surface area contributed by atoms with Gasteiger partial charge in [-0.15, -0.1) is 0 Å². The lowest BCUT2D eigenvalue weighted by Crippen LogP contribution is -2.36. The molecule has 3 aromatic rings. The van der Waals surface area contributed by atoms with Gasteiger partial charge in [0.1, 0.15) is 10.7 Å². The number of hydrazine groups is 1. The van der Waals surface area contributed by atoms with Gasteiger partial charge in [0.25, 0.3) is 5.69 Å². The first-order valence-corrected chi connectivity index (χ1v) is 13.7. The van der Waals surface area contributed by atoms with Crippen molar-refractivity contribution in [2.45, 2.75) is 22.9 Å². The van der Waals surface area contributed by atoms with Crippen LogP contribution in [0.5, 0.6) is 0 Å². The summed E-state index contributed by atoms with van der Waals surface area (Å²) in [7, 11) is -10.0. The van der Waals surface area contributed by atoms with Crippen molar-refractivity contribution in [3.8, 4) is 11.1 Å². The number of hydrogen-bond donors (Lipinski definition) is 1. The molecule has 0 aromatic heterocycles. The van der Waals surface area contributed by atoms with Gasteiger partial charge in [-0.05, 0) is 42.3 Å². The highest BCUT2D eigenvalue weighted by Crippen LogP contribution is 2.48. The number of nitrogens with two attached hydrogens (primary N) is 1. The first-order valence-electron chi connectivity index (χ1n) is 9.96. The van der Waals surface area contributed by atoms with Crippen LogP contribution in [0.25, 0.3) is 11.1 Å². The third-order valence-electron chi connectivity index (χ3n) is 5.26. The van der Waals surface area contributed by atoms with E-state index in [2.05, 4.69) is 0 Å². The van der Waals surface area contributed by atoms with Crippen molar-refractivity contribution in [3.05, 3.63) is 89.9 Å². The third-order valence-corrected chi connectivity index (χ3v) is 8.64. The van der Waals surface area contributed by atoms with E-state index in [9.17, 15) is 50.2 Å². The van der Waals surface area contributed by atoms with Crippen LogP contribution in [0.3, 0.4) is 0 Å². The van der Waals surface area contributed by atoms with Gasteiger partial charge < -0.3 is 0 Å². The number of benzene rings is 3. The minimum absolute atomic E-state index is 0.00940. The van der Waals surface area contributed by atoms with Gasteiger partial charge in [-0.25, -0.2) is 23.7 Å². The average molecular weight is 629 g/mol. The van der Waals surface area contributed by atoms with Gasteiger partial charge >= 0.3 is 16.2 Å². The lowest BCUT2D eigenvalue weighted by Gasteiger charge is -2.19. The van der Waals surface area contributed by atoms with Gasteiger partial charge in [0.2, 0.25) is 10.0 Å². The summed E-state index contributed by atoms with van der Waals surface area (Å²) < 4.78 is 92.4. The summed E-state index contributed by atoms with van der Waals surface area (Å²) in [5.74, 6) is 0. The second-order valence-electron chi connectivity index (χ2n) is 7.65. The first-order chi connectivity index (χ1) is 17.8. The van der Waals surface area contributed by atoms with Gasteiger partial charge in [0.05, 0.1) is 20.3 Å². The topological polar surface area (TPSA) is 184 Å². The molecular weight excluding hydrogens is 616 g/mol. The van der Waals surface area contributed by atoms with Crippen molar-refractivity contribution < 1.29 is 40.0 Å². The Morgan fingerprint density at radius 1 is 0.974 bits per heavy atom. The van der Waals surface area contributed by atoms with Crippen LogP contribution in [0.15, 0.2) is 58.3 Å². The maximum atomic E-state index is 14.0. The number of nitro groups is 2. The Hall–Kier alpha value is -3.51. The minimum Gasteiger partial charge on any atom is -0.258 e. The molecule has 208 valence electrons. The molecule has 0 spiro atoms. The zero-order valence-corrected chi connectivity index (χ0v) is 22.2. The van der Waals surface area contributed by atoms with Gasteiger partial charge in [-0.3, -0.25) is 10.1 Å². The molecule has 19 heteroatoms. The Kier molecular flexibility index (Phi) is 7.88. The van der Waals surface area contributed by atoms with Crippen molar-refractivity contribution in [1.82, 2.24) is 0 Å². The normalized spacial score (nSPS) is 12.3. The summed E-state index contributed by atoms with van der Waals surface area (Å²) in [6.45, 7) is 1.32. The molecule has 0 atom stereocenters. The van der Waals surface area contributed by atoms with Gasteiger partial charge in [-0.1, -0.05) is 41.4 Å². The van der Waals surface area contributed by atoms with Crippen molar-refractivity contribution in [2.24, 2.45) is 5.14 Å². The molecule has 0 aliphatic heterocycles. The van der Waals surface area contributed by atoms with Gasteiger partial charge in [0.15, 0.2) is 5.03 Å². The van der Waals surface area contributed by atoms with E-state index in [4.69, 9.17) is 28.3 Å². The quantitative estimate of drug-likeness (QED) is 0.282. The van der Waals surface area contributed by atoms with Crippen LogP contribution < -0.4 is 9.55 Å². The Balaban J connectivity index is 2.31. The number of anilines is 1. The van der Waals surface area contributed by atoms with Crippen molar-refractivity contribution >= 4 is 54.6 Å². The molecule has 0 amide bonds. The lowest BCUT2D eigenvalue weighted by molar-refractivity contribution is -0.474. The van der Waals surface area contributed by atoms with E-state index in [1.54, 1.807) is 0 Å². The lowest BCUT2D eigenvalue weighted by atomic mass is 9.98. The van der Waals surface area contributed by atoms with Crippen molar-refractivity contribution in [3.63, 3.8) is 0 Å². The van der Waals surface area contributed by atoms with Crippen LogP contribution in [-0.4, -0.2) is 26.8 Å². The van der Waals surface area contributed by atoms with Crippen LogP contribution in [0.4, 0.5) is 24.5 Å². The first kappa shape index (κ1) is 30.0. The molecule has 0 bridgehead atoms. The number of rotatable bonds is 7. The summed E-state index contributed by atoms with van der Waals surface area (Å²) in [6.07, 6.45) is -5.44. The SMILES string of the molecule is Cc1c(Cl)cccc1N([N+](=O)[O-])S(=O)(=O)c1ccc(-c2c(S(N)(=O)=O)cc([N+](=O)[O-])c(Cl)c2C(F)(F)F)cc1. The molecule has 0 saturated carbocycles. The van der Waals surface area contributed by atoms with E-state index in [0.29, 0.717) is 24.3 Å². The molecule has 0 saturated heterocycles. The summed E-state index contributed by atoms with van der Waals surface area (Å²) >= 11 is 11.6. The zero-order valence-electron chi connectivity index (χ0n) is 19.0. The van der Waals surface area contributed by atoms with Crippen molar-refractivity contribution in [1.29, 1.82) is 0 Å². The Morgan fingerprint density at radius 3 is 2.00 bits per heavy atom. The minimum atomic E-state index is -5.44. The fourth-order valence-corrected chi connectivity index (χ4v) is 6.12. The second-order valence-corrected chi connectivity index (χ2v) is 11.7. The number of nitro benzene ring substituents is 1. The van der Waals surface area contributed by atoms with E-state index >= 15 is 0 Å². The highest BCUT2D eigenvalue weighted by Gasteiger charge is 2.43. The predicted molar refractivity (Wildman–Crippen MR) is 133 cm³/mol. The smallest absolute Gasteiger partial charge is 0.258 e. The van der Waals surface area contributed by atoms with E-state index in [1.165, 1.54) is 19.1 Å². The van der Waals surface area contributed by atoms with E-state index in [-0.39, 0.29) is 21.1 Å². The third kappa shape index (κ3) is 5.62. The zero-order chi connectivity index (χ0) is 29.7. The molecule has 3 aromatic carbocycles. The Bertz CT molecular complexity index is 1730. The maximum absolute atomic E-state index is 14.0. The van der Waals surface area contributed by atoms with Crippen LogP contribution >= 0.6 is 23.2 Å². The monoisotopic (exact) mass is 628 g/mol. The maximum Gasteiger partial charge on any atom is 0.418 e. The fourth-order valence-electron chi connectivity index (χ4n) is 3.53. The molecule has 39 heavy (non-hydrogen) atoms. The molecule has 0 aliphatic rings. The number of primary sulfonamides is 1. The van der Waals surface area contributed by atoms with Crippen LogP contribution in [0, 0.1) is 27.2 Å². The molecule has 12 nitrogen and oxygen atoms in total. The molecule has 0 radical (unpaired) electrons. The molecule has 0 heterocycles. The standard InChI is InChI=1S/C20H13Cl2F3N4O8S2/c1-10-13(21)3-2-4-14(10)27(29(32)33)39(36,37)12-7-5-11(6-8-12)17-16(38(26,34)35)9-15(28(30)31)19(22)18(17)20(23,24)25/h2-9H,1H3,(H2,26,34,35). The molecular formula is C20H13Cl2F3N4O8S2. The number of sulfonamides is 2. The molecule has 3 rings (SSSR count). The van der Waals surface area contributed by atoms with Gasteiger partial charge in [-0.2, -0.15) is 21.6 Å². The summed E-state index contributed by atoms with van der Waals surface area (Å²) in [4.78, 5) is 19.6. The summed E-state index contributed by atoms with van der Waals surface area (Å²) in [6, 6.07) is 6.70. The highest BCUT2D eigenvalue weighted by molar-refractivity contribution is 7.92.